The molecular weight excluding hydrogens is 214 g/mol. The summed E-state index contributed by atoms with van der Waals surface area (Å²) in [6.45, 7) is 5.62. The van der Waals surface area contributed by atoms with Gasteiger partial charge in [0.25, 0.3) is 5.56 Å². The highest BCUT2D eigenvalue weighted by molar-refractivity contribution is 5.80. The molecule has 0 aliphatic carbocycles. The first-order valence-corrected chi connectivity index (χ1v) is 6.05. The Hall–Kier alpha value is -1.64. The Bertz CT molecular complexity index is 446. The predicted molar refractivity (Wildman–Crippen MR) is 69.4 cm³/mol. The van der Waals surface area contributed by atoms with Crippen molar-refractivity contribution in [3.63, 3.8) is 0 Å². The van der Waals surface area contributed by atoms with E-state index in [2.05, 4.69) is 13.5 Å². The number of pyridine rings is 1. The second-order valence-electron chi connectivity index (χ2n) is 4.05. The Balaban J connectivity index is 2.87. The minimum absolute atomic E-state index is 0.185. The van der Waals surface area contributed by atoms with Crippen molar-refractivity contribution < 1.29 is 4.79 Å². The molecule has 0 saturated carbocycles. The highest BCUT2D eigenvalue weighted by atomic mass is 16.2. The number of hydrogen-bond donors (Lipinski definition) is 0. The van der Waals surface area contributed by atoms with E-state index in [1.54, 1.807) is 12.1 Å². The minimum atomic E-state index is -0.220. The van der Waals surface area contributed by atoms with Crippen LogP contribution >= 0.6 is 0 Å². The van der Waals surface area contributed by atoms with Gasteiger partial charge in [0.1, 0.15) is 0 Å². The normalized spacial score (nSPS) is 10.2. The standard InChI is InChI=1S/C14H19NO2/c1-3-5-6-9-12-10-7-11-15(14(12)17)13(16)8-4-2/h4,7,10-11H,2-3,5-6,8-9H2,1H3. The maximum atomic E-state index is 12.0. The van der Waals surface area contributed by atoms with Gasteiger partial charge in [-0.1, -0.05) is 31.9 Å². The van der Waals surface area contributed by atoms with Crippen LogP contribution in [0.15, 0.2) is 35.8 Å². The van der Waals surface area contributed by atoms with Gasteiger partial charge in [0.15, 0.2) is 0 Å². The highest BCUT2D eigenvalue weighted by Crippen LogP contribution is 2.02. The molecule has 0 radical (unpaired) electrons. The molecule has 0 atom stereocenters. The van der Waals surface area contributed by atoms with Gasteiger partial charge < -0.3 is 0 Å². The van der Waals surface area contributed by atoms with E-state index >= 15 is 0 Å². The van der Waals surface area contributed by atoms with Crippen LogP contribution in [0.2, 0.25) is 0 Å². The molecule has 3 heteroatoms. The van der Waals surface area contributed by atoms with Gasteiger partial charge in [-0.3, -0.25) is 14.2 Å². The number of carbonyl (C=O) groups excluding carboxylic acids is 1. The third kappa shape index (κ3) is 3.70. The summed E-state index contributed by atoms with van der Waals surface area (Å²) in [6, 6.07) is 3.55. The predicted octanol–water partition coefficient (Wildman–Crippen LogP) is 2.80. The molecule has 1 aromatic rings. The lowest BCUT2D eigenvalue weighted by molar-refractivity contribution is 0.0912. The van der Waals surface area contributed by atoms with Crippen LogP contribution in [-0.4, -0.2) is 10.5 Å². The monoisotopic (exact) mass is 233 g/mol. The van der Waals surface area contributed by atoms with Crippen molar-refractivity contribution in [2.45, 2.75) is 39.0 Å². The van der Waals surface area contributed by atoms with Crippen LogP contribution in [0.1, 0.15) is 43.0 Å². The number of hydrogen-bond acceptors (Lipinski definition) is 2. The lowest BCUT2D eigenvalue weighted by Crippen LogP contribution is -2.28. The third-order valence-corrected chi connectivity index (χ3v) is 2.66. The molecule has 0 spiro atoms. The van der Waals surface area contributed by atoms with Crippen molar-refractivity contribution in [1.82, 2.24) is 4.57 Å². The molecule has 0 N–H and O–H groups in total. The molecule has 1 aromatic heterocycles. The molecule has 0 aliphatic rings. The van der Waals surface area contributed by atoms with Crippen LogP contribution in [0, 0.1) is 0 Å². The van der Waals surface area contributed by atoms with Gasteiger partial charge in [-0.25, -0.2) is 0 Å². The first kappa shape index (κ1) is 13.4. The summed E-state index contributed by atoms with van der Waals surface area (Å²) in [6.07, 6.45) is 7.19. The van der Waals surface area contributed by atoms with Crippen LogP contribution in [0.25, 0.3) is 0 Å². The second kappa shape index (κ2) is 6.84. The molecule has 0 aromatic carbocycles. The van der Waals surface area contributed by atoms with Crippen molar-refractivity contribution in [3.8, 4) is 0 Å². The number of allylic oxidation sites excluding steroid dienone is 1. The van der Waals surface area contributed by atoms with Crippen LogP contribution in [0.5, 0.6) is 0 Å². The largest absolute Gasteiger partial charge is 0.274 e. The van der Waals surface area contributed by atoms with Crippen LogP contribution in [-0.2, 0) is 6.42 Å². The fraction of sp³-hybridized carbons (Fsp3) is 0.429. The Morgan fingerprint density at radius 3 is 2.88 bits per heavy atom. The van der Waals surface area contributed by atoms with E-state index < -0.39 is 0 Å². The van der Waals surface area contributed by atoms with Gasteiger partial charge in [-0.2, -0.15) is 0 Å². The Kier molecular flexibility index (Phi) is 5.40. The van der Waals surface area contributed by atoms with Gasteiger partial charge in [-0.05, 0) is 18.9 Å². The lowest BCUT2D eigenvalue weighted by Gasteiger charge is -2.05. The topological polar surface area (TPSA) is 39.1 Å². The van der Waals surface area contributed by atoms with Gasteiger partial charge in [0.05, 0.1) is 0 Å². The maximum absolute atomic E-state index is 12.0. The number of carbonyl (C=O) groups is 1. The summed E-state index contributed by atoms with van der Waals surface area (Å²) < 4.78 is 1.18. The van der Waals surface area contributed by atoms with Crippen LogP contribution < -0.4 is 5.56 Å². The first-order valence-electron chi connectivity index (χ1n) is 6.05. The number of aryl methyl sites for hydroxylation is 1. The summed E-state index contributed by atoms with van der Waals surface area (Å²) >= 11 is 0. The maximum Gasteiger partial charge on any atom is 0.260 e. The SMILES string of the molecule is C=CCC(=O)n1cccc(CCCCC)c1=O. The zero-order valence-corrected chi connectivity index (χ0v) is 10.3. The number of rotatable bonds is 6. The molecule has 0 fully saturated rings. The number of aromatic nitrogens is 1. The van der Waals surface area contributed by atoms with Crippen molar-refractivity contribution in [2.24, 2.45) is 0 Å². The van der Waals surface area contributed by atoms with Crippen LogP contribution in [0.4, 0.5) is 0 Å². The minimum Gasteiger partial charge on any atom is -0.274 e. The quantitative estimate of drug-likeness (QED) is 0.560. The van der Waals surface area contributed by atoms with Crippen LogP contribution in [0.3, 0.4) is 0 Å². The zero-order chi connectivity index (χ0) is 12.7. The summed E-state index contributed by atoms with van der Waals surface area (Å²) in [7, 11) is 0. The van der Waals surface area contributed by atoms with Gasteiger partial charge in [-0.15, -0.1) is 6.58 Å². The number of nitrogens with zero attached hydrogens (tertiary/aromatic N) is 1. The molecule has 1 rings (SSSR count). The molecule has 1 heterocycles. The lowest BCUT2D eigenvalue weighted by atomic mass is 10.1. The summed E-state index contributed by atoms with van der Waals surface area (Å²) in [4.78, 5) is 23.6. The molecule has 0 unspecified atom stereocenters. The van der Waals surface area contributed by atoms with E-state index in [4.69, 9.17) is 0 Å². The molecule has 92 valence electrons. The average molecular weight is 233 g/mol. The van der Waals surface area contributed by atoms with E-state index in [0.29, 0.717) is 0 Å². The first-order chi connectivity index (χ1) is 8.20. The van der Waals surface area contributed by atoms with Crippen molar-refractivity contribution in [3.05, 3.63) is 46.9 Å². The Labute approximate surface area is 102 Å². The Morgan fingerprint density at radius 1 is 1.47 bits per heavy atom. The second-order valence-corrected chi connectivity index (χ2v) is 4.05. The smallest absolute Gasteiger partial charge is 0.260 e. The van der Waals surface area contributed by atoms with Gasteiger partial charge in [0, 0.05) is 18.2 Å². The molecule has 0 amide bonds. The van der Waals surface area contributed by atoms with Gasteiger partial charge >= 0.3 is 0 Å². The summed E-state index contributed by atoms with van der Waals surface area (Å²) in [5.74, 6) is -0.220. The molecule has 0 saturated heterocycles. The van der Waals surface area contributed by atoms with E-state index in [0.717, 1.165) is 31.2 Å². The third-order valence-electron chi connectivity index (χ3n) is 2.66. The molecule has 17 heavy (non-hydrogen) atoms. The van der Waals surface area contributed by atoms with E-state index in [-0.39, 0.29) is 17.9 Å². The van der Waals surface area contributed by atoms with Gasteiger partial charge in [0.2, 0.25) is 5.91 Å². The average Bonchev–Trinajstić information content (AvgIpc) is 2.32. The van der Waals surface area contributed by atoms with Crippen molar-refractivity contribution in [1.29, 1.82) is 0 Å². The zero-order valence-electron chi connectivity index (χ0n) is 10.3. The summed E-state index contributed by atoms with van der Waals surface area (Å²) in [5, 5.41) is 0. The van der Waals surface area contributed by atoms with Crippen molar-refractivity contribution in [2.75, 3.05) is 0 Å². The molecule has 0 bridgehead atoms. The highest BCUT2D eigenvalue weighted by Gasteiger charge is 2.08. The van der Waals surface area contributed by atoms with E-state index in [1.807, 2.05) is 0 Å². The van der Waals surface area contributed by atoms with E-state index in [1.165, 1.54) is 16.8 Å². The Morgan fingerprint density at radius 2 is 2.24 bits per heavy atom. The van der Waals surface area contributed by atoms with Crippen molar-refractivity contribution >= 4 is 5.91 Å². The fourth-order valence-corrected chi connectivity index (χ4v) is 1.71. The van der Waals surface area contributed by atoms with E-state index in [9.17, 15) is 9.59 Å². The molecule has 0 aliphatic heterocycles. The molecular formula is C14H19NO2. The summed E-state index contributed by atoms with van der Waals surface area (Å²) in [5.41, 5.74) is 0.536. The molecule has 3 nitrogen and oxygen atoms in total. The fourth-order valence-electron chi connectivity index (χ4n) is 1.71. The number of unbranched alkanes of at least 4 members (excludes halogenated alkanes) is 2.